The zero-order valence-electron chi connectivity index (χ0n) is 15.3. The van der Waals surface area contributed by atoms with Crippen molar-refractivity contribution in [2.24, 2.45) is 10.9 Å². The van der Waals surface area contributed by atoms with Crippen molar-refractivity contribution in [2.45, 2.75) is 6.92 Å². The molecule has 4 rings (SSSR count). The molecule has 0 fully saturated rings. The fourth-order valence-corrected chi connectivity index (χ4v) is 3.31. The van der Waals surface area contributed by atoms with Crippen LogP contribution in [0.5, 0.6) is 0 Å². The van der Waals surface area contributed by atoms with E-state index in [1.54, 1.807) is 18.3 Å². The number of nitrogens with two attached hydrogens (primary N) is 1. The molecule has 1 amide bonds. The Morgan fingerprint density at radius 1 is 1.11 bits per heavy atom. The van der Waals surface area contributed by atoms with Crippen molar-refractivity contribution in [3.05, 3.63) is 83.6 Å². The van der Waals surface area contributed by atoms with E-state index in [1.165, 1.54) is 0 Å². The molecule has 7 nitrogen and oxygen atoms in total. The van der Waals surface area contributed by atoms with E-state index in [0.29, 0.717) is 5.56 Å². The molecule has 0 saturated heterocycles. The second-order valence-corrected chi connectivity index (χ2v) is 6.19. The fraction of sp³-hybridized carbons (Fsp3) is 0.0952. The van der Waals surface area contributed by atoms with Crippen LogP contribution in [0.4, 0.5) is 17.2 Å². The molecular weight excluding hydrogens is 354 g/mol. The van der Waals surface area contributed by atoms with E-state index < -0.39 is 5.91 Å². The molecule has 3 N–H and O–H groups in total. The van der Waals surface area contributed by atoms with Gasteiger partial charge < -0.3 is 4.90 Å². The Kier molecular flexibility index (Phi) is 4.84. The monoisotopic (exact) mass is 373 g/mol. The SMILES string of the molecule is CCN1c2ccccc2N=C(c2ccc(C(=O)NON)cc2)c2cccnc21. The Balaban J connectivity index is 1.86. The van der Waals surface area contributed by atoms with Gasteiger partial charge in [-0.25, -0.2) is 15.5 Å². The second-order valence-electron chi connectivity index (χ2n) is 6.19. The van der Waals surface area contributed by atoms with Gasteiger partial charge in [0.05, 0.1) is 17.1 Å². The molecule has 0 radical (unpaired) electrons. The number of carbonyl (C=O) groups excluding carboxylic acids is 1. The maximum absolute atomic E-state index is 11.9. The van der Waals surface area contributed by atoms with Crippen LogP contribution in [0.3, 0.4) is 0 Å². The van der Waals surface area contributed by atoms with Gasteiger partial charge >= 0.3 is 0 Å². The van der Waals surface area contributed by atoms with Gasteiger partial charge in [0.15, 0.2) is 0 Å². The molecule has 7 heteroatoms. The molecule has 0 aliphatic carbocycles. The summed E-state index contributed by atoms with van der Waals surface area (Å²) in [5, 5.41) is 0. The highest BCUT2D eigenvalue weighted by molar-refractivity contribution is 6.18. The summed E-state index contributed by atoms with van der Waals surface area (Å²) < 4.78 is 0. The molecule has 0 saturated carbocycles. The van der Waals surface area contributed by atoms with Crippen LogP contribution in [0, 0.1) is 0 Å². The maximum atomic E-state index is 11.9. The Morgan fingerprint density at radius 2 is 1.89 bits per heavy atom. The zero-order chi connectivity index (χ0) is 19.5. The third kappa shape index (κ3) is 3.13. The number of carbonyl (C=O) groups is 1. The average molecular weight is 373 g/mol. The molecule has 1 aliphatic heterocycles. The molecule has 2 heterocycles. The first-order valence-corrected chi connectivity index (χ1v) is 8.90. The lowest BCUT2D eigenvalue weighted by atomic mass is 10.0. The Hall–Kier alpha value is -3.55. The number of rotatable bonds is 4. The minimum atomic E-state index is -0.415. The standard InChI is InChI=1S/C21H19N5O2/c1-2-26-18-8-4-3-7-17(18)24-19(16-6-5-13-23-20(16)26)14-9-11-15(12-10-14)21(27)25-28-22/h3-13H,2,22H2,1H3,(H,25,27). The third-order valence-corrected chi connectivity index (χ3v) is 4.59. The number of amides is 1. The number of fused-ring (bicyclic) bond motifs is 2. The smallest absolute Gasteiger partial charge is 0.276 e. The van der Waals surface area contributed by atoms with Gasteiger partial charge in [-0.3, -0.25) is 4.79 Å². The van der Waals surface area contributed by atoms with Gasteiger partial charge in [0.2, 0.25) is 0 Å². The molecule has 0 spiro atoms. The molecule has 1 aliphatic rings. The first kappa shape index (κ1) is 17.8. The lowest BCUT2D eigenvalue weighted by molar-refractivity contribution is 0.0310. The van der Waals surface area contributed by atoms with E-state index in [2.05, 4.69) is 27.2 Å². The van der Waals surface area contributed by atoms with Crippen molar-refractivity contribution in [1.29, 1.82) is 0 Å². The van der Waals surface area contributed by atoms with Crippen molar-refractivity contribution in [3.63, 3.8) is 0 Å². The number of aliphatic imine (C=N–C) groups is 1. The van der Waals surface area contributed by atoms with Crippen LogP contribution in [0.25, 0.3) is 0 Å². The number of anilines is 2. The summed E-state index contributed by atoms with van der Waals surface area (Å²) in [6.45, 7) is 2.86. The number of hydrogen-bond donors (Lipinski definition) is 2. The number of hydroxylamine groups is 1. The second kappa shape index (κ2) is 7.59. The van der Waals surface area contributed by atoms with Gasteiger partial charge in [0, 0.05) is 29.4 Å². The van der Waals surface area contributed by atoms with E-state index in [0.717, 1.165) is 40.6 Å². The van der Waals surface area contributed by atoms with Gasteiger partial charge in [-0.05, 0) is 43.3 Å². The Morgan fingerprint density at radius 3 is 2.64 bits per heavy atom. The van der Waals surface area contributed by atoms with Crippen LogP contribution in [0.2, 0.25) is 0 Å². The Labute approximate surface area is 162 Å². The highest BCUT2D eigenvalue weighted by atomic mass is 16.8. The summed E-state index contributed by atoms with van der Waals surface area (Å²) in [4.78, 5) is 27.8. The number of hydrogen-bond acceptors (Lipinski definition) is 6. The lowest BCUT2D eigenvalue weighted by Crippen LogP contribution is -2.26. The number of pyridine rings is 1. The van der Waals surface area contributed by atoms with Crippen LogP contribution in [0.1, 0.15) is 28.4 Å². The van der Waals surface area contributed by atoms with E-state index in [4.69, 9.17) is 10.9 Å². The molecule has 2 aromatic carbocycles. The summed E-state index contributed by atoms with van der Waals surface area (Å²) in [5.74, 6) is 5.33. The van der Waals surface area contributed by atoms with Crippen molar-refractivity contribution in [1.82, 2.24) is 10.5 Å². The van der Waals surface area contributed by atoms with E-state index in [-0.39, 0.29) is 0 Å². The van der Waals surface area contributed by atoms with Crippen LogP contribution in [-0.4, -0.2) is 23.1 Å². The summed E-state index contributed by atoms with van der Waals surface area (Å²) in [6.07, 6.45) is 1.79. The van der Waals surface area contributed by atoms with Gasteiger partial charge in [-0.15, -0.1) is 0 Å². The number of aromatic nitrogens is 1. The number of nitrogens with zero attached hydrogens (tertiary/aromatic N) is 3. The number of nitrogens with one attached hydrogen (secondary N) is 1. The topological polar surface area (TPSA) is 92.8 Å². The normalized spacial score (nSPS) is 12.5. The van der Waals surface area contributed by atoms with Crippen molar-refractivity contribution >= 4 is 28.8 Å². The summed E-state index contributed by atoms with van der Waals surface area (Å²) in [7, 11) is 0. The zero-order valence-corrected chi connectivity index (χ0v) is 15.3. The minimum absolute atomic E-state index is 0.415. The molecular formula is C21H19N5O2. The quantitative estimate of drug-likeness (QED) is 0.685. The van der Waals surface area contributed by atoms with E-state index >= 15 is 0 Å². The van der Waals surface area contributed by atoms with Gasteiger partial charge in [0.1, 0.15) is 5.82 Å². The van der Waals surface area contributed by atoms with Gasteiger partial charge in [0.25, 0.3) is 5.91 Å². The molecule has 0 atom stereocenters. The van der Waals surface area contributed by atoms with Gasteiger partial charge in [-0.2, -0.15) is 10.8 Å². The summed E-state index contributed by atoms with van der Waals surface area (Å²) in [5.41, 5.74) is 7.04. The van der Waals surface area contributed by atoms with Gasteiger partial charge in [-0.1, -0.05) is 24.3 Å². The average Bonchev–Trinajstić information content (AvgIpc) is 2.88. The van der Waals surface area contributed by atoms with E-state index in [1.807, 2.05) is 48.5 Å². The molecule has 28 heavy (non-hydrogen) atoms. The number of benzene rings is 2. The van der Waals surface area contributed by atoms with Crippen molar-refractivity contribution in [3.8, 4) is 0 Å². The molecule has 1 aromatic heterocycles. The molecule has 3 aromatic rings. The van der Waals surface area contributed by atoms with Crippen molar-refractivity contribution in [2.75, 3.05) is 11.4 Å². The molecule has 0 unspecified atom stereocenters. The van der Waals surface area contributed by atoms with Crippen LogP contribution in [0.15, 0.2) is 71.9 Å². The highest BCUT2D eigenvalue weighted by Gasteiger charge is 2.23. The molecule has 0 bridgehead atoms. The summed E-state index contributed by atoms with van der Waals surface area (Å²) in [6, 6.07) is 19.0. The van der Waals surface area contributed by atoms with Crippen LogP contribution in [-0.2, 0) is 4.94 Å². The third-order valence-electron chi connectivity index (χ3n) is 4.59. The molecule has 140 valence electrons. The van der Waals surface area contributed by atoms with Crippen LogP contribution < -0.4 is 16.3 Å². The van der Waals surface area contributed by atoms with Crippen molar-refractivity contribution < 1.29 is 9.73 Å². The Bertz CT molecular complexity index is 1050. The minimum Gasteiger partial charge on any atom is -0.324 e. The predicted octanol–water partition coefficient (Wildman–Crippen LogP) is 3.26. The largest absolute Gasteiger partial charge is 0.324 e. The highest BCUT2D eigenvalue weighted by Crippen LogP contribution is 2.39. The predicted molar refractivity (Wildman–Crippen MR) is 108 cm³/mol. The lowest BCUT2D eigenvalue weighted by Gasteiger charge is -2.23. The fourth-order valence-electron chi connectivity index (χ4n) is 3.31. The van der Waals surface area contributed by atoms with E-state index in [9.17, 15) is 4.79 Å². The number of para-hydroxylation sites is 2. The summed E-state index contributed by atoms with van der Waals surface area (Å²) >= 11 is 0. The first-order valence-electron chi connectivity index (χ1n) is 8.90. The first-order chi connectivity index (χ1) is 13.7. The maximum Gasteiger partial charge on any atom is 0.276 e. The van der Waals surface area contributed by atoms with Crippen LogP contribution >= 0.6 is 0 Å².